The number of nitrogens with one attached hydrogen (secondary N) is 1. The van der Waals surface area contributed by atoms with Gasteiger partial charge in [0.25, 0.3) is 5.91 Å². The van der Waals surface area contributed by atoms with E-state index in [0.717, 1.165) is 22.1 Å². The van der Waals surface area contributed by atoms with Crippen LogP contribution in [-0.4, -0.2) is 25.6 Å². The van der Waals surface area contributed by atoms with Gasteiger partial charge in [-0.15, -0.1) is 0 Å². The molecule has 0 unspecified atom stereocenters. The number of methoxy groups -OCH3 is 1. The molecule has 0 spiro atoms. The van der Waals surface area contributed by atoms with Crippen molar-refractivity contribution < 1.29 is 19.1 Å². The lowest BCUT2D eigenvalue weighted by Crippen LogP contribution is -2.23. The van der Waals surface area contributed by atoms with Crippen LogP contribution in [0.2, 0.25) is 0 Å². The highest BCUT2D eigenvalue weighted by Gasteiger charge is 2.18. The van der Waals surface area contributed by atoms with Crippen molar-refractivity contribution in [3.05, 3.63) is 71.8 Å². The fourth-order valence-electron chi connectivity index (χ4n) is 2.86. The molecule has 0 heterocycles. The predicted octanol–water partition coefficient (Wildman–Crippen LogP) is 4.01. The summed E-state index contributed by atoms with van der Waals surface area (Å²) < 4.78 is 10.4. The van der Waals surface area contributed by atoms with E-state index in [4.69, 9.17) is 14.7 Å². The van der Waals surface area contributed by atoms with E-state index in [9.17, 15) is 9.59 Å². The maximum atomic E-state index is 12.4. The topological polar surface area (TPSA) is 88.4 Å². The molecule has 0 aliphatic carbocycles. The molecule has 3 rings (SSSR count). The van der Waals surface area contributed by atoms with Crippen molar-refractivity contribution in [2.45, 2.75) is 12.8 Å². The SMILES string of the molecule is COc1ccc2cc([C@H](C)C(=O)OCC(=O)Nc3ccc(C#N)cc3)ccc2c1. The molecule has 1 atom stereocenters. The lowest BCUT2D eigenvalue weighted by molar-refractivity contribution is -0.148. The second-order valence-corrected chi connectivity index (χ2v) is 6.54. The standard InChI is InChI=1S/C23H20N2O4/c1-15(17-5-6-19-12-21(28-2)10-7-18(19)11-17)23(27)29-14-22(26)25-20-8-3-16(13-24)4-9-20/h3-12,15H,14H2,1-2H3,(H,25,26)/t15-/m0/s1. The molecule has 29 heavy (non-hydrogen) atoms. The Kier molecular flexibility index (Phi) is 6.10. The van der Waals surface area contributed by atoms with Gasteiger partial charge in [-0.05, 0) is 59.7 Å². The van der Waals surface area contributed by atoms with Crippen LogP contribution in [0.5, 0.6) is 5.75 Å². The van der Waals surface area contributed by atoms with Gasteiger partial charge in [0.2, 0.25) is 0 Å². The molecular formula is C23H20N2O4. The molecule has 0 radical (unpaired) electrons. The first-order chi connectivity index (χ1) is 14.0. The van der Waals surface area contributed by atoms with Crippen LogP contribution in [0.4, 0.5) is 5.69 Å². The molecule has 0 aliphatic heterocycles. The molecule has 1 N–H and O–H groups in total. The van der Waals surface area contributed by atoms with Crippen molar-refractivity contribution in [2.24, 2.45) is 0 Å². The number of fused-ring (bicyclic) bond motifs is 1. The number of anilines is 1. The highest BCUT2D eigenvalue weighted by molar-refractivity contribution is 5.93. The summed E-state index contributed by atoms with van der Waals surface area (Å²) in [6.45, 7) is 1.36. The number of carbonyl (C=O) groups excluding carboxylic acids is 2. The first kappa shape index (κ1) is 19.9. The molecular weight excluding hydrogens is 368 g/mol. The van der Waals surface area contributed by atoms with Gasteiger partial charge in [0, 0.05) is 5.69 Å². The van der Waals surface area contributed by atoms with Gasteiger partial charge >= 0.3 is 5.97 Å². The molecule has 146 valence electrons. The zero-order valence-corrected chi connectivity index (χ0v) is 16.1. The fraction of sp³-hybridized carbons (Fsp3) is 0.174. The van der Waals surface area contributed by atoms with Crippen molar-refractivity contribution in [2.75, 3.05) is 19.0 Å². The predicted molar refractivity (Wildman–Crippen MR) is 110 cm³/mol. The van der Waals surface area contributed by atoms with Crippen LogP contribution in [0.25, 0.3) is 10.8 Å². The normalized spacial score (nSPS) is 11.3. The van der Waals surface area contributed by atoms with E-state index in [1.54, 1.807) is 38.3 Å². The number of rotatable bonds is 6. The Morgan fingerprint density at radius 3 is 2.41 bits per heavy atom. The van der Waals surface area contributed by atoms with Crippen LogP contribution in [0.15, 0.2) is 60.7 Å². The lowest BCUT2D eigenvalue weighted by atomic mass is 9.98. The number of amides is 1. The first-order valence-corrected chi connectivity index (χ1v) is 9.04. The molecule has 6 heteroatoms. The summed E-state index contributed by atoms with van der Waals surface area (Å²) in [5.74, 6) is -0.663. The average molecular weight is 388 g/mol. The quantitative estimate of drug-likeness (QED) is 0.645. The molecule has 0 saturated heterocycles. The van der Waals surface area contributed by atoms with E-state index in [1.165, 1.54) is 0 Å². The zero-order chi connectivity index (χ0) is 20.8. The average Bonchev–Trinajstić information content (AvgIpc) is 2.76. The van der Waals surface area contributed by atoms with Gasteiger partial charge in [0.15, 0.2) is 6.61 Å². The number of esters is 1. The summed E-state index contributed by atoms with van der Waals surface area (Å²) in [6, 6.07) is 19.9. The minimum absolute atomic E-state index is 0.381. The molecule has 0 saturated carbocycles. The maximum absolute atomic E-state index is 12.4. The van der Waals surface area contributed by atoms with E-state index in [0.29, 0.717) is 11.3 Å². The van der Waals surface area contributed by atoms with Crippen molar-refractivity contribution in [1.29, 1.82) is 5.26 Å². The monoisotopic (exact) mass is 388 g/mol. The summed E-state index contributed by atoms with van der Waals surface area (Å²) in [7, 11) is 1.62. The first-order valence-electron chi connectivity index (χ1n) is 9.04. The maximum Gasteiger partial charge on any atom is 0.313 e. The second kappa shape index (κ2) is 8.89. The second-order valence-electron chi connectivity index (χ2n) is 6.54. The lowest BCUT2D eigenvalue weighted by Gasteiger charge is -2.13. The molecule has 0 fully saturated rings. The van der Waals surface area contributed by atoms with E-state index in [2.05, 4.69) is 5.32 Å². The van der Waals surface area contributed by atoms with Crippen molar-refractivity contribution in [3.8, 4) is 11.8 Å². The number of benzene rings is 3. The van der Waals surface area contributed by atoms with Crippen molar-refractivity contribution in [3.63, 3.8) is 0 Å². The highest BCUT2D eigenvalue weighted by atomic mass is 16.5. The van der Waals surface area contributed by atoms with E-state index < -0.39 is 17.8 Å². The fourth-order valence-corrected chi connectivity index (χ4v) is 2.86. The van der Waals surface area contributed by atoms with Crippen LogP contribution in [-0.2, 0) is 14.3 Å². The molecule has 1 amide bonds. The Morgan fingerprint density at radius 1 is 1.03 bits per heavy atom. The number of hydrogen-bond acceptors (Lipinski definition) is 5. The molecule has 0 aliphatic rings. The van der Waals surface area contributed by atoms with Gasteiger partial charge in [-0.1, -0.05) is 24.3 Å². The van der Waals surface area contributed by atoms with Gasteiger partial charge in [-0.25, -0.2) is 0 Å². The summed E-state index contributed by atoms with van der Waals surface area (Å²) in [5, 5.41) is 13.4. The number of ether oxygens (including phenoxy) is 2. The van der Waals surface area contributed by atoms with Crippen LogP contribution < -0.4 is 10.1 Å². The van der Waals surface area contributed by atoms with Gasteiger partial charge < -0.3 is 14.8 Å². The Hall–Kier alpha value is -3.85. The molecule has 0 aromatic heterocycles. The zero-order valence-electron chi connectivity index (χ0n) is 16.1. The van der Waals surface area contributed by atoms with Gasteiger partial charge in [0.05, 0.1) is 24.7 Å². The molecule has 3 aromatic rings. The minimum Gasteiger partial charge on any atom is -0.497 e. The summed E-state index contributed by atoms with van der Waals surface area (Å²) in [6.07, 6.45) is 0. The highest BCUT2D eigenvalue weighted by Crippen LogP contribution is 2.25. The third-order valence-electron chi connectivity index (χ3n) is 4.57. The number of nitrogens with zero attached hydrogens (tertiary/aromatic N) is 1. The van der Waals surface area contributed by atoms with Gasteiger partial charge in [-0.2, -0.15) is 5.26 Å². The van der Waals surface area contributed by atoms with E-state index in [-0.39, 0.29) is 6.61 Å². The summed E-state index contributed by atoms with van der Waals surface area (Å²) in [4.78, 5) is 24.4. The smallest absolute Gasteiger partial charge is 0.313 e. The largest absolute Gasteiger partial charge is 0.497 e. The number of carbonyl (C=O) groups is 2. The van der Waals surface area contributed by atoms with E-state index in [1.807, 2.05) is 42.5 Å². The van der Waals surface area contributed by atoms with E-state index >= 15 is 0 Å². The number of hydrogen-bond donors (Lipinski definition) is 1. The number of nitriles is 1. The summed E-state index contributed by atoms with van der Waals surface area (Å²) >= 11 is 0. The summed E-state index contributed by atoms with van der Waals surface area (Å²) in [5.41, 5.74) is 1.83. The molecule has 6 nitrogen and oxygen atoms in total. The van der Waals surface area contributed by atoms with Crippen molar-refractivity contribution in [1.82, 2.24) is 0 Å². The molecule has 3 aromatic carbocycles. The minimum atomic E-state index is -0.510. The third kappa shape index (κ3) is 4.90. The van der Waals surface area contributed by atoms with Gasteiger partial charge in [-0.3, -0.25) is 9.59 Å². The Bertz CT molecular complexity index is 1080. The van der Waals surface area contributed by atoms with Crippen LogP contribution in [0.3, 0.4) is 0 Å². The van der Waals surface area contributed by atoms with Crippen molar-refractivity contribution >= 4 is 28.3 Å². The Morgan fingerprint density at radius 2 is 1.72 bits per heavy atom. The Balaban J connectivity index is 1.58. The molecule has 0 bridgehead atoms. The van der Waals surface area contributed by atoms with Crippen LogP contribution in [0.1, 0.15) is 24.0 Å². The third-order valence-corrected chi connectivity index (χ3v) is 4.57. The van der Waals surface area contributed by atoms with Gasteiger partial charge in [0.1, 0.15) is 5.75 Å². The van der Waals surface area contributed by atoms with Crippen LogP contribution in [0, 0.1) is 11.3 Å². The van der Waals surface area contributed by atoms with Crippen LogP contribution >= 0.6 is 0 Å². The Labute approximate surface area is 168 Å².